The first-order valence-electron chi connectivity index (χ1n) is 17.5. The van der Waals surface area contributed by atoms with Gasteiger partial charge in [-0.05, 0) is 61.5 Å². The van der Waals surface area contributed by atoms with Crippen molar-refractivity contribution in [2.24, 2.45) is 27.8 Å². The van der Waals surface area contributed by atoms with Crippen LogP contribution in [0.1, 0.15) is 84.1 Å². The van der Waals surface area contributed by atoms with Crippen LogP contribution in [0.5, 0.6) is 0 Å². The maximum atomic E-state index is 14.6. The van der Waals surface area contributed by atoms with Crippen LogP contribution in [0.2, 0.25) is 5.02 Å². The van der Waals surface area contributed by atoms with E-state index in [0.717, 1.165) is 18.4 Å². The molecule has 0 radical (unpaired) electrons. The number of allylic oxidation sites excluding steroid dienone is 1. The number of amides is 3. The monoisotopic (exact) mass is 730 g/mol. The molecule has 2 aliphatic carbocycles. The second-order valence-electron chi connectivity index (χ2n) is 15.8. The van der Waals surface area contributed by atoms with Gasteiger partial charge in [0.15, 0.2) is 11.4 Å². The Morgan fingerprint density at radius 2 is 1.86 bits per heavy atom. The van der Waals surface area contributed by atoms with Gasteiger partial charge in [0.25, 0.3) is 0 Å². The third-order valence-corrected chi connectivity index (χ3v) is 12.9. The van der Waals surface area contributed by atoms with Crippen molar-refractivity contribution in [3.63, 3.8) is 0 Å². The summed E-state index contributed by atoms with van der Waals surface area (Å²) in [5.41, 5.74) is -1.65. The van der Waals surface area contributed by atoms with Gasteiger partial charge in [0, 0.05) is 49.5 Å². The number of rotatable bonds is 12. The van der Waals surface area contributed by atoms with E-state index in [1.165, 1.54) is 4.90 Å². The predicted molar refractivity (Wildman–Crippen MR) is 187 cm³/mol. The van der Waals surface area contributed by atoms with Gasteiger partial charge in [0.1, 0.15) is 6.04 Å². The number of benzene rings is 1. The van der Waals surface area contributed by atoms with E-state index in [2.05, 4.69) is 21.8 Å². The number of carbonyl (C=O) groups is 4. The molecule has 3 heterocycles. The average Bonchev–Trinajstić information content (AvgIpc) is 3.97. The molecule has 0 bridgehead atoms. The Labute approximate surface area is 298 Å². The number of nitrogens with zero attached hydrogens (tertiary/aromatic N) is 2. The van der Waals surface area contributed by atoms with Crippen molar-refractivity contribution in [2.75, 3.05) is 19.8 Å². The summed E-state index contributed by atoms with van der Waals surface area (Å²) in [7, 11) is -3.85. The van der Waals surface area contributed by atoms with Gasteiger partial charge in [-0.15, -0.1) is 6.58 Å². The Morgan fingerprint density at radius 3 is 2.48 bits per heavy atom. The molecule has 1 aromatic carbocycles. The van der Waals surface area contributed by atoms with E-state index in [1.807, 2.05) is 26.8 Å². The van der Waals surface area contributed by atoms with Crippen LogP contribution in [0.4, 0.5) is 0 Å². The van der Waals surface area contributed by atoms with Gasteiger partial charge in [-0.1, -0.05) is 55.7 Å². The quantitative estimate of drug-likeness (QED) is 0.306. The number of hydrogen-bond donors (Lipinski definition) is 2. The molecule has 0 unspecified atom stereocenters. The molecular formula is C36H47ClN4O8S. The van der Waals surface area contributed by atoms with Crippen molar-refractivity contribution >= 4 is 50.8 Å². The van der Waals surface area contributed by atoms with Gasteiger partial charge in [0.05, 0.1) is 29.0 Å². The second-order valence-corrected chi connectivity index (χ2v) is 18.2. The summed E-state index contributed by atoms with van der Waals surface area (Å²) in [6.07, 6.45) is 4.74. The summed E-state index contributed by atoms with van der Waals surface area (Å²) in [6.45, 7) is 10.6. The minimum Gasteiger partial charge on any atom is -0.387 e. The summed E-state index contributed by atoms with van der Waals surface area (Å²) in [6, 6.07) is 5.22. The molecule has 2 N–H and O–H groups in total. The molecule has 1 aromatic rings. The third kappa shape index (κ3) is 7.64. The van der Waals surface area contributed by atoms with Gasteiger partial charge < -0.3 is 19.8 Å². The van der Waals surface area contributed by atoms with Gasteiger partial charge >= 0.3 is 0 Å². The lowest BCUT2D eigenvalue weighted by atomic mass is 9.84. The Bertz CT molecular complexity index is 1700. The molecule has 14 heteroatoms. The summed E-state index contributed by atoms with van der Waals surface area (Å²) < 4.78 is 33.1. The van der Waals surface area contributed by atoms with Crippen LogP contribution >= 0.6 is 11.6 Å². The molecule has 272 valence electrons. The molecule has 3 amide bonds. The molecule has 50 heavy (non-hydrogen) atoms. The first-order valence-corrected chi connectivity index (χ1v) is 19.4. The van der Waals surface area contributed by atoms with Crippen molar-refractivity contribution < 1.29 is 37.2 Å². The SMILES string of the molecule is C=C[C@@H]1C[C@]1(CC(=O)[C@@H]1C[C@]2(CC(c3cccc(Cl)c3)=NO2)CN1C(=O)[C@@H](NC(=O)CC1CCOCC1)C(C)(C)C)C(=O)NS(=O)(=O)C1CC1. The molecule has 3 aliphatic heterocycles. The number of hydrogen-bond acceptors (Lipinski definition) is 9. The van der Waals surface area contributed by atoms with Crippen molar-refractivity contribution in [3.8, 4) is 0 Å². The first-order chi connectivity index (χ1) is 23.6. The van der Waals surface area contributed by atoms with Crippen molar-refractivity contribution in [1.29, 1.82) is 0 Å². The number of likely N-dealkylation sites (tertiary alicyclic amines) is 1. The number of halogens is 1. The molecule has 2 saturated carbocycles. The Kier molecular flexibility index (Phi) is 9.99. The summed E-state index contributed by atoms with van der Waals surface area (Å²) in [5.74, 6) is -2.03. The molecule has 5 atom stereocenters. The fourth-order valence-electron chi connectivity index (χ4n) is 7.56. The van der Waals surface area contributed by atoms with Crippen LogP contribution in [0, 0.1) is 22.7 Å². The van der Waals surface area contributed by atoms with Crippen LogP contribution in [-0.4, -0.2) is 85.2 Å². The zero-order valence-electron chi connectivity index (χ0n) is 28.9. The van der Waals surface area contributed by atoms with Crippen molar-refractivity contribution in [2.45, 2.75) is 101 Å². The number of ether oxygens (including phenoxy) is 1. The summed E-state index contributed by atoms with van der Waals surface area (Å²) >= 11 is 6.25. The molecule has 6 rings (SSSR count). The van der Waals surface area contributed by atoms with E-state index < -0.39 is 61.5 Å². The second kappa shape index (κ2) is 13.7. The number of nitrogens with one attached hydrogen (secondary N) is 2. The van der Waals surface area contributed by atoms with Crippen LogP contribution < -0.4 is 10.0 Å². The molecular weight excluding hydrogens is 684 g/mol. The molecule has 4 fully saturated rings. The van der Waals surface area contributed by atoms with Crippen LogP contribution in [0.3, 0.4) is 0 Å². The maximum Gasteiger partial charge on any atom is 0.246 e. The van der Waals surface area contributed by atoms with Crippen LogP contribution in [-0.2, 0) is 38.8 Å². The van der Waals surface area contributed by atoms with Gasteiger partial charge in [-0.2, -0.15) is 0 Å². The number of sulfonamides is 1. The number of oxime groups is 1. The normalized spacial score (nSPS) is 28.8. The average molecular weight is 731 g/mol. The highest BCUT2D eigenvalue weighted by molar-refractivity contribution is 7.90. The minimum absolute atomic E-state index is 0.0262. The smallest absolute Gasteiger partial charge is 0.246 e. The van der Waals surface area contributed by atoms with E-state index in [1.54, 1.807) is 24.3 Å². The number of Topliss-reactive ketones (excluding diaryl/α,β-unsaturated/α-hetero) is 1. The predicted octanol–water partition coefficient (Wildman–Crippen LogP) is 3.91. The largest absolute Gasteiger partial charge is 0.387 e. The van der Waals surface area contributed by atoms with E-state index in [9.17, 15) is 27.6 Å². The zero-order valence-corrected chi connectivity index (χ0v) is 30.5. The van der Waals surface area contributed by atoms with Gasteiger partial charge in [0.2, 0.25) is 27.7 Å². The van der Waals surface area contributed by atoms with Crippen molar-refractivity contribution in [3.05, 3.63) is 47.5 Å². The fourth-order valence-corrected chi connectivity index (χ4v) is 9.14. The lowest BCUT2D eigenvalue weighted by molar-refractivity contribution is -0.144. The standard InChI is InChI=1S/C36H47ClN4O8S/c1-5-24-17-36(24,33(45)40-50(46,47)26-9-10-26)20-29(42)28-19-35(18-27(39-49-35)23-7-6-8-25(37)16-23)21-41(28)32(44)31(34(2,3)4)38-30(43)15-22-11-13-48-14-12-22/h5-8,16,22,24,26,28,31H,1,9-15,17-21H2,2-4H3,(H,38,43)(H,40,45)/t24-,28+,31-,35-,36-/m1/s1. The highest BCUT2D eigenvalue weighted by Gasteiger charge is 2.63. The Morgan fingerprint density at radius 1 is 1.14 bits per heavy atom. The number of carbonyl (C=O) groups excluding carboxylic acids is 4. The molecule has 0 aromatic heterocycles. The first kappa shape index (κ1) is 36.5. The zero-order chi connectivity index (χ0) is 36.1. The minimum atomic E-state index is -3.85. The van der Waals surface area contributed by atoms with Crippen LogP contribution in [0.15, 0.2) is 42.1 Å². The molecule has 2 saturated heterocycles. The topological polar surface area (TPSA) is 161 Å². The lowest BCUT2D eigenvalue weighted by Crippen LogP contribution is -2.57. The Hall–Kier alpha value is -3.29. The maximum absolute atomic E-state index is 14.6. The summed E-state index contributed by atoms with van der Waals surface area (Å²) in [5, 5.41) is 7.28. The van der Waals surface area contributed by atoms with Gasteiger partial charge in [-0.25, -0.2) is 8.42 Å². The van der Waals surface area contributed by atoms with E-state index in [4.69, 9.17) is 21.2 Å². The van der Waals surface area contributed by atoms with E-state index in [0.29, 0.717) is 43.2 Å². The van der Waals surface area contributed by atoms with Crippen LogP contribution in [0.25, 0.3) is 0 Å². The molecule has 1 spiro atoms. The van der Waals surface area contributed by atoms with Crippen molar-refractivity contribution in [1.82, 2.24) is 14.9 Å². The fraction of sp³-hybridized carbons (Fsp3) is 0.639. The van der Waals surface area contributed by atoms with E-state index >= 15 is 0 Å². The third-order valence-electron chi connectivity index (χ3n) is 10.8. The highest BCUT2D eigenvalue weighted by atomic mass is 35.5. The lowest BCUT2D eigenvalue weighted by Gasteiger charge is -2.36. The summed E-state index contributed by atoms with van der Waals surface area (Å²) in [4.78, 5) is 63.5. The highest BCUT2D eigenvalue weighted by Crippen LogP contribution is 2.57. The molecule has 5 aliphatic rings. The molecule has 12 nitrogen and oxygen atoms in total. The Balaban J connectivity index is 1.26. The van der Waals surface area contributed by atoms with E-state index in [-0.39, 0.29) is 49.8 Å². The van der Waals surface area contributed by atoms with Gasteiger partial charge in [-0.3, -0.25) is 23.9 Å². The number of ketones is 1.